The molecule has 0 aliphatic heterocycles. The van der Waals surface area contributed by atoms with Crippen molar-refractivity contribution >= 4 is 17.5 Å². The van der Waals surface area contributed by atoms with Crippen LogP contribution in [0, 0.1) is 17.1 Å². The van der Waals surface area contributed by atoms with Gasteiger partial charge >= 0.3 is 5.97 Å². The largest absolute Gasteiger partial charge is 0.478 e. The van der Waals surface area contributed by atoms with Crippen LogP contribution in [0.4, 0.5) is 15.9 Å². The van der Waals surface area contributed by atoms with Gasteiger partial charge in [0.25, 0.3) is 0 Å². The number of rotatable bonds is 3. The van der Waals surface area contributed by atoms with E-state index in [1.165, 1.54) is 18.3 Å². The van der Waals surface area contributed by atoms with Gasteiger partial charge in [0.1, 0.15) is 17.7 Å². The van der Waals surface area contributed by atoms with E-state index in [0.29, 0.717) is 0 Å². The molecule has 2 rings (SSSR count). The monoisotopic (exact) mass is 257 g/mol. The Morgan fingerprint density at radius 3 is 2.84 bits per heavy atom. The number of hydrogen-bond donors (Lipinski definition) is 2. The fraction of sp³-hybridized carbons (Fsp3) is 0. The molecule has 1 heterocycles. The molecule has 2 aromatic rings. The van der Waals surface area contributed by atoms with Crippen LogP contribution in [-0.2, 0) is 0 Å². The molecule has 2 N–H and O–H groups in total. The molecule has 0 amide bonds. The van der Waals surface area contributed by atoms with Crippen LogP contribution < -0.4 is 5.32 Å². The van der Waals surface area contributed by atoms with Gasteiger partial charge in [-0.2, -0.15) is 5.26 Å². The second-order valence-corrected chi connectivity index (χ2v) is 3.64. The lowest BCUT2D eigenvalue weighted by Crippen LogP contribution is -2.01. The van der Waals surface area contributed by atoms with Crippen LogP contribution in [0.2, 0.25) is 0 Å². The Balaban J connectivity index is 2.34. The third-order valence-corrected chi connectivity index (χ3v) is 2.40. The Kier molecular flexibility index (Phi) is 3.39. The van der Waals surface area contributed by atoms with Gasteiger partial charge in [0.15, 0.2) is 0 Å². The highest BCUT2D eigenvalue weighted by atomic mass is 19.1. The van der Waals surface area contributed by atoms with Gasteiger partial charge in [-0.1, -0.05) is 0 Å². The number of carboxylic acid groups (broad SMARTS) is 1. The van der Waals surface area contributed by atoms with Crippen molar-refractivity contribution in [3.05, 3.63) is 53.5 Å². The Hall–Kier alpha value is -2.94. The molecule has 0 spiro atoms. The number of benzene rings is 1. The normalized spacial score (nSPS) is 9.68. The van der Waals surface area contributed by atoms with Crippen molar-refractivity contribution in [3.8, 4) is 6.07 Å². The minimum absolute atomic E-state index is 0.0557. The SMILES string of the molecule is N#Cc1cccnc1Nc1ccc(C(=O)O)cc1F. The van der Waals surface area contributed by atoms with E-state index < -0.39 is 11.8 Å². The van der Waals surface area contributed by atoms with Crippen molar-refractivity contribution in [2.24, 2.45) is 0 Å². The summed E-state index contributed by atoms with van der Waals surface area (Å²) in [5.74, 6) is -1.72. The van der Waals surface area contributed by atoms with Gasteiger partial charge in [-0.05, 0) is 30.3 Å². The van der Waals surface area contributed by atoms with Crippen LogP contribution in [0.5, 0.6) is 0 Å². The molecule has 0 unspecified atom stereocenters. The molecule has 0 aliphatic carbocycles. The fourth-order valence-corrected chi connectivity index (χ4v) is 1.47. The van der Waals surface area contributed by atoms with Crippen LogP contribution in [0.25, 0.3) is 0 Å². The topological polar surface area (TPSA) is 86.0 Å². The van der Waals surface area contributed by atoms with Crippen molar-refractivity contribution in [1.82, 2.24) is 4.98 Å². The number of carbonyl (C=O) groups is 1. The van der Waals surface area contributed by atoms with E-state index in [1.54, 1.807) is 12.1 Å². The molecule has 0 saturated heterocycles. The van der Waals surface area contributed by atoms with Crippen LogP contribution in [0.3, 0.4) is 0 Å². The van der Waals surface area contributed by atoms with Crippen molar-refractivity contribution in [1.29, 1.82) is 5.26 Å². The Bertz CT molecular complexity index is 680. The number of nitriles is 1. The van der Waals surface area contributed by atoms with E-state index in [9.17, 15) is 9.18 Å². The predicted octanol–water partition coefficient (Wildman–Crippen LogP) is 2.53. The minimum atomic E-state index is -1.21. The van der Waals surface area contributed by atoms with Crippen molar-refractivity contribution in [2.45, 2.75) is 0 Å². The lowest BCUT2D eigenvalue weighted by atomic mass is 10.2. The number of pyridine rings is 1. The summed E-state index contributed by atoms with van der Waals surface area (Å²) in [4.78, 5) is 14.6. The van der Waals surface area contributed by atoms with Gasteiger partial charge in [-0.3, -0.25) is 0 Å². The summed E-state index contributed by atoms with van der Waals surface area (Å²) in [6.45, 7) is 0. The van der Waals surface area contributed by atoms with Gasteiger partial charge in [-0.25, -0.2) is 14.2 Å². The molecule has 1 aromatic carbocycles. The third-order valence-electron chi connectivity index (χ3n) is 2.40. The first-order valence-electron chi connectivity index (χ1n) is 5.27. The summed E-state index contributed by atoms with van der Waals surface area (Å²) >= 11 is 0. The summed E-state index contributed by atoms with van der Waals surface area (Å²) in [6.07, 6.45) is 1.46. The molecule has 6 heteroatoms. The summed E-state index contributed by atoms with van der Waals surface area (Å²) in [5, 5.41) is 20.3. The molecule has 0 aliphatic rings. The Morgan fingerprint density at radius 1 is 1.42 bits per heavy atom. The summed E-state index contributed by atoms with van der Waals surface area (Å²) in [6, 6.07) is 8.51. The first kappa shape index (κ1) is 12.5. The van der Waals surface area contributed by atoms with E-state index in [-0.39, 0.29) is 22.6 Å². The molecule has 5 nitrogen and oxygen atoms in total. The summed E-state index contributed by atoms with van der Waals surface area (Å²) in [5.41, 5.74) is 0.175. The first-order valence-corrected chi connectivity index (χ1v) is 5.27. The number of hydrogen-bond acceptors (Lipinski definition) is 4. The van der Waals surface area contributed by atoms with Crippen molar-refractivity contribution in [2.75, 3.05) is 5.32 Å². The molecule has 0 saturated carbocycles. The van der Waals surface area contributed by atoms with Gasteiger partial charge in [0.05, 0.1) is 16.8 Å². The maximum absolute atomic E-state index is 13.7. The molecular formula is C13H8FN3O2. The number of halogens is 1. The lowest BCUT2D eigenvalue weighted by Gasteiger charge is -2.08. The summed E-state index contributed by atoms with van der Waals surface area (Å²) in [7, 11) is 0. The Morgan fingerprint density at radius 2 is 2.21 bits per heavy atom. The van der Waals surface area contributed by atoms with Crippen LogP contribution in [-0.4, -0.2) is 16.1 Å². The van der Waals surface area contributed by atoms with E-state index in [1.807, 2.05) is 6.07 Å². The number of aromatic carboxylic acids is 1. The molecule has 1 aromatic heterocycles. The van der Waals surface area contributed by atoms with Crippen molar-refractivity contribution in [3.63, 3.8) is 0 Å². The highest BCUT2D eigenvalue weighted by Crippen LogP contribution is 2.21. The quantitative estimate of drug-likeness (QED) is 0.882. The number of nitrogens with zero attached hydrogens (tertiary/aromatic N) is 2. The number of aromatic nitrogens is 1. The van der Waals surface area contributed by atoms with Gasteiger partial charge in [-0.15, -0.1) is 0 Å². The van der Waals surface area contributed by atoms with Crippen LogP contribution in [0.15, 0.2) is 36.5 Å². The zero-order chi connectivity index (χ0) is 13.8. The van der Waals surface area contributed by atoms with Gasteiger partial charge < -0.3 is 10.4 Å². The predicted molar refractivity (Wildman–Crippen MR) is 65.6 cm³/mol. The molecule has 0 atom stereocenters. The lowest BCUT2D eigenvalue weighted by molar-refractivity contribution is 0.0696. The zero-order valence-corrected chi connectivity index (χ0v) is 9.59. The van der Waals surface area contributed by atoms with E-state index in [0.717, 1.165) is 6.07 Å². The van der Waals surface area contributed by atoms with Crippen molar-refractivity contribution < 1.29 is 14.3 Å². The third kappa shape index (κ3) is 2.66. The molecule has 0 bridgehead atoms. The average molecular weight is 257 g/mol. The van der Waals surface area contributed by atoms with Gasteiger partial charge in [0.2, 0.25) is 0 Å². The second kappa shape index (κ2) is 5.14. The maximum atomic E-state index is 13.7. The highest BCUT2D eigenvalue weighted by Gasteiger charge is 2.10. The Labute approximate surface area is 108 Å². The maximum Gasteiger partial charge on any atom is 0.335 e. The molecule has 0 fully saturated rings. The number of nitrogens with one attached hydrogen (secondary N) is 1. The molecular weight excluding hydrogens is 249 g/mol. The van der Waals surface area contributed by atoms with E-state index in [4.69, 9.17) is 10.4 Å². The smallest absolute Gasteiger partial charge is 0.335 e. The second-order valence-electron chi connectivity index (χ2n) is 3.64. The standard InChI is InChI=1S/C13H8FN3O2/c14-10-6-8(13(18)19)3-4-11(10)17-12-9(7-15)2-1-5-16-12/h1-6H,(H,16,17)(H,18,19). The van der Waals surface area contributed by atoms with E-state index in [2.05, 4.69) is 10.3 Å². The summed E-state index contributed by atoms with van der Waals surface area (Å²) < 4.78 is 13.7. The number of anilines is 2. The highest BCUT2D eigenvalue weighted by molar-refractivity contribution is 5.88. The first-order chi connectivity index (χ1) is 9.11. The van der Waals surface area contributed by atoms with Gasteiger partial charge in [0, 0.05) is 6.20 Å². The molecule has 19 heavy (non-hydrogen) atoms. The fourth-order valence-electron chi connectivity index (χ4n) is 1.47. The van der Waals surface area contributed by atoms with Crippen LogP contribution in [0.1, 0.15) is 15.9 Å². The van der Waals surface area contributed by atoms with E-state index >= 15 is 0 Å². The molecule has 0 radical (unpaired) electrons. The van der Waals surface area contributed by atoms with Crippen LogP contribution >= 0.6 is 0 Å². The average Bonchev–Trinajstić information content (AvgIpc) is 2.41. The minimum Gasteiger partial charge on any atom is -0.478 e. The number of carboxylic acids is 1. The molecule has 94 valence electrons. The zero-order valence-electron chi connectivity index (χ0n) is 9.59.